The molecule has 0 spiro atoms. The van der Waals surface area contributed by atoms with Gasteiger partial charge in [-0.25, -0.2) is 13.4 Å². The van der Waals surface area contributed by atoms with Crippen molar-refractivity contribution in [3.8, 4) is 11.5 Å². The van der Waals surface area contributed by atoms with Gasteiger partial charge in [-0.2, -0.15) is 0 Å². The van der Waals surface area contributed by atoms with Gasteiger partial charge in [-0.15, -0.1) is 0 Å². The summed E-state index contributed by atoms with van der Waals surface area (Å²) in [7, 11) is -0.226. The van der Waals surface area contributed by atoms with Crippen LogP contribution in [0.4, 0.5) is 5.13 Å². The van der Waals surface area contributed by atoms with E-state index < -0.39 is 9.84 Å². The number of nitrogens with zero attached hydrogens (tertiary/aromatic N) is 1. The molecule has 3 aromatic rings. The normalized spacial score (nSPS) is 11.7. The summed E-state index contributed by atoms with van der Waals surface area (Å²) in [6.45, 7) is 0. The van der Waals surface area contributed by atoms with Gasteiger partial charge in [0.15, 0.2) is 26.5 Å². The van der Waals surface area contributed by atoms with Crippen LogP contribution < -0.4 is 14.8 Å². The van der Waals surface area contributed by atoms with Crippen LogP contribution in [-0.4, -0.2) is 39.8 Å². The van der Waals surface area contributed by atoms with Crippen molar-refractivity contribution in [1.82, 2.24) is 4.98 Å². The molecule has 29 heavy (non-hydrogen) atoms. The number of benzene rings is 2. The van der Waals surface area contributed by atoms with Gasteiger partial charge in [0.05, 0.1) is 33.8 Å². The van der Waals surface area contributed by atoms with E-state index >= 15 is 0 Å². The smallest absolute Gasteiger partial charge is 0.250 e. The monoisotopic (exact) mass is 496 g/mol. The van der Waals surface area contributed by atoms with E-state index in [1.807, 2.05) is 0 Å². The number of fused-ring (bicyclic) bond motifs is 1. The molecule has 1 N–H and O–H groups in total. The van der Waals surface area contributed by atoms with Crippen molar-refractivity contribution in [2.75, 3.05) is 25.8 Å². The van der Waals surface area contributed by atoms with Crippen molar-refractivity contribution in [2.24, 2.45) is 0 Å². The topological polar surface area (TPSA) is 94.6 Å². The number of amides is 1. The summed E-state index contributed by atoms with van der Waals surface area (Å²) in [6.07, 6.45) is 4.16. The Bertz CT molecular complexity index is 1220. The molecular formula is C19H17BrN2O5S2. The van der Waals surface area contributed by atoms with E-state index in [1.165, 1.54) is 30.6 Å². The van der Waals surface area contributed by atoms with E-state index in [1.54, 1.807) is 37.5 Å². The zero-order valence-electron chi connectivity index (χ0n) is 15.7. The Labute approximate surface area is 180 Å². The Morgan fingerprint density at radius 3 is 2.62 bits per heavy atom. The number of rotatable bonds is 6. The molecule has 0 unspecified atom stereocenters. The van der Waals surface area contributed by atoms with Gasteiger partial charge in [-0.1, -0.05) is 11.3 Å². The Morgan fingerprint density at radius 2 is 1.97 bits per heavy atom. The van der Waals surface area contributed by atoms with Gasteiger partial charge in [-0.05, 0) is 57.9 Å². The lowest BCUT2D eigenvalue weighted by Gasteiger charge is -2.10. The van der Waals surface area contributed by atoms with Crippen molar-refractivity contribution in [3.05, 3.63) is 46.4 Å². The average Bonchev–Trinajstić information content (AvgIpc) is 3.06. The van der Waals surface area contributed by atoms with Crippen molar-refractivity contribution >= 4 is 64.4 Å². The zero-order valence-corrected chi connectivity index (χ0v) is 18.9. The first-order chi connectivity index (χ1) is 13.7. The molecule has 3 rings (SSSR count). The molecule has 10 heteroatoms. The molecule has 1 aromatic heterocycles. The Morgan fingerprint density at radius 1 is 1.21 bits per heavy atom. The molecule has 152 valence electrons. The van der Waals surface area contributed by atoms with Gasteiger partial charge in [-0.3, -0.25) is 10.1 Å². The fraction of sp³-hybridized carbons (Fsp3) is 0.158. The lowest BCUT2D eigenvalue weighted by Crippen LogP contribution is -2.07. The van der Waals surface area contributed by atoms with Gasteiger partial charge in [0.2, 0.25) is 5.91 Å². The number of methoxy groups -OCH3 is 2. The third kappa shape index (κ3) is 4.95. The summed E-state index contributed by atoms with van der Waals surface area (Å²) in [4.78, 5) is 16.8. The lowest BCUT2D eigenvalue weighted by molar-refractivity contribution is -0.111. The predicted octanol–water partition coefficient (Wildman–Crippen LogP) is 4.13. The van der Waals surface area contributed by atoms with E-state index in [9.17, 15) is 13.2 Å². The second-order valence-corrected chi connectivity index (χ2v) is 9.88. The second-order valence-electron chi connectivity index (χ2n) is 5.98. The highest BCUT2D eigenvalue weighted by Gasteiger charge is 2.12. The zero-order chi connectivity index (χ0) is 21.2. The quantitative estimate of drug-likeness (QED) is 0.515. The second kappa shape index (κ2) is 8.52. The Kier molecular flexibility index (Phi) is 6.25. The molecule has 2 aromatic carbocycles. The molecule has 0 fully saturated rings. The molecule has 0 saturated carbocycles. The van der Waals surface area contributed by atoms with Crippen LogP contribution >= 0.6 is 27.3 Å². The number of carbonyl (C=O) groups is 1. The van der Waals surface area contributed by atoms with Crippen molar-refractivity contribution in [2.45, 2.75) is 4.90 Å². The first-order valence-electron chi connectivity index (χ1n) is 8.22. The summed E-state index contributed by atoms with van der Waals surface area (Å²) < 4.78 is 35.3. The van der Waals surface area contributed by atoms with Crippen molar-refractivity contribution in [3.63, 3.8) is 0 Å². The van der Waals surface area contributed by atoms with Crippen LogP contribution in [0.15, 0.2) is 45.8 Å². The number of thiazole rings is 1. The molecular weight excluding hydrogens is 480 g/mol. The molecule has 1 amide bonds. The summed E-state index contributed by atoms with van der Waals surface area (Å²) in [5, 5.41) is 3.07. The highest BCUT2D eigenvalue weighted by molar-refractivity contribution is 9.10. The van der Waals surface area contributed by atoms with E-state index in [4.69, 9.17) is 9.47 Å². The maximum absolute atomic E-state index is 12.3. The lowest BCUT2D eigenvalue weighted by atomic mass is 10.2. The number of anilines is 1. The van der Waals surface area contributed by atoms with Gasteiger partial charge in [0, 0.05) is 12.3 Å². The first kappa shape index (κ1) is 21.3. The number of carbonyl (C=O) groups excluding carboxylic acids is 1. The summed E-state index contributed by atoms with van der Waals surface area (Å²) in [5.41, 5.74) is 1.36. The van der Waals surface area contributed by atoms with Crippen LogP contribution in [0.5, 0.6) is 11.5 Å². The van der Waals surface area contributed by atoms with Crippen LogP contribution in [0.2, 0.25) is 0 Å². The van der Waals surface area contributed by atoms with Crippen LogP contribution in [-0.2, 0) is 14.6 Å². The third-order valence-electron chi connectivity index (χ3n) is 3.90. The summed E-state index contributed by atoms with van der Waals surface area (Å²) in [5.74, 6) is 0.741. The maximum atomic E-state index is 12.3. The van der Waals surface area contributed by atoms with Gasteiger partial charge < -0.3 is 9.47 Å². The van der Waals surface area contributed by atoms with Crippen LogP contribution in [0.1, 0.15) is 5.56 Å². The largest absolute Gasteiger partial charge is 0.493 e. The molecule has 0 aliphatic heterocycles. The number of nitrogens with one attached hydrogen (secondary N) is 1. The molecule has 0 saturated heterocycles. The number of ether oxygens (including phenoxy) is 2. The highest BCUT2D eigenvalue weighted by Crippen LogP contribution is 2.36. The van der Waals surface area contributed by atoms with E-state index in [0.717, 1.165) is 11.8 Å². The predicted molar refractivity (Wildman–Crippen MR) is 118 cm³/mol. The van der Waals surface area contributed by atoms with E-state index in [2.05, 4.69) is 26.2 Å². The van der Waals surface area contributed by atoms with Crippen LogP contribution in [0.25, 0.3) is 16.3 Å². The maximum Gasteiger partial charge on any atom is 0.250 e. The average molecular weight is 497 g/mol. The molecule has 0 aliphatic carbocycles. The van der Waals surface area contributed by atoms with E-state index in [0.29, 0.717) is 31.3 Å². The molecule has 0 bridgehead atoms. The minimum atomic E-state index is -3.30. The standard InChI is InChI=1S/C19H17BrN2O5S2/c1-26-15-9-11(8-13(20)18(15)27-2)4-7-17(23)22-19-21-14-6-5-12(29(3,24)25)10-16(14)28-19/h4-10H,1-3H3,(H,21,22,23)/b7-4+. The van der Waals surface area contributed by atoms with Crippen molar-refractivity contribution in [1.29, 1.82) is 0 Å². The van der Waals surface area contributed by atoms with Crippen LogP contribution in [0, 0.1) is 0 Å². The fourth-order valence-electron chi connectivity index (χ4n) is 2.54. The minimum absolute atomic E-state index is 0.213. The Balaban J connectivity index is 1.78. The summed E-state index contributed by atoms with van der Waals surface area (Å²) in [6, 6.07) is 8.22. The SMILES string of the molecule is COc1cc(/C=C/C(=O)Nc2nc3ccc(S(C)(=O)=O)cc3s2)cc(Br)c1OC. The van der Waals surface area contributed by atoms with Gasteiger partial charge >= 0.3 is 0 Å². The molecule has 7 nitrogen and oxygen atoms in total. The van der Waals surface area contributed by atoms with Gasteiger partial charge in [0.25, 0.3) is 0 Å². The highest BCUT2D eigenvalue weighted by atomic mass is 79.9. The minimum Gasteiger partial charge on any atom is -0.493 e. The molecule has 0 aliphatic rings. The first-order valence-corrected chi connectivity index (χ1v) is 11.7. The number of hydrogen-bond acceptors (Lipinski definition) is 7. The fourth-order valence-corrected chi connectivity index (χ4v) is 4.79. The molecule has 0 radical (unpaired) electrons. The number of aromatic nitrogens is 1. The van der Waals surface area contributed by atoms with E-state index in [-0.39, 0.29) is 10.8 Å². The molecule has 0 atom stereocenters. The number of halogens is 1. The van der Waals surface area contributed by atoms with Crippen molar-refractivity contribution < 1.29 is 22.7 Å². The molecule has 1 heterocycles. The third-order valence-corrected chi connectivity index (χ3v) is 6.53. The van der Waals surface area contributed by atoms with Crippen LogP contribution in [0.3, 0.4) is 0 Å². The van der Waals surface area contributed by atoms with Gasteiger partial charge in [0.1, 0.15) is 0 Å². The number of sulfone groups is 1. The Hall–Kier alpha value is -2.43. The summed E-state index contributed by atoms with van der Waals surface area (Å²) >= 11 is 4.61. The number of hydrogen-bond donors (Lipinski definition) is 1.